The van der Waals surface area contributed by atoms with Gasteiger partial charge in [-0.2, -0.15) is 0 Å². The van der Waals surface area contributed by atoms with E-state index in [1.165, 1.54) is 48.0 Å². The lowest BCUT2D eigenvalue weighted by molar-refractivity contribution is -0.161. The van der Waals surface area contributed by atoms with Gasteiger partial charge in [0.2, 0.25) is 0 Å². The highest BCUT2D eigenvalue weighted by atomic mass is 16.6. The summed E-state index contributed by atoms with van der Waals surface area (Å²) in [5.74, 6) is -9.39. The quantitative estimate of drug-likeness (QED) is 0.0303. The average molecular weight is 1710 g/mol. The van der Waals surface area contributed by atoms with Gasteiger partial charge in [-0.1, -0.05) is 111 Å². The molecule has 0 aliphatic carbocycles. The number of fused-ring (bicyclic) bond motifs is 12. The third-order valence-corrected chi connectivity index (χ3v) is 22.4. The Labute approximate surface area is 766 Å². The first-order valence-corrected chi connectivity index (χ1v) is 41.4. The molecular weight excluding hydrogens is 1520 g/mol. The van der Waals surface area contributed by atoms with E-state index in [0.717, 1.165) is 14.2 Å². The van der Waals surface area contributed by atoms with E-state index >= 15 is 0 Å². The molecule has 0 bridgehead atoms. The Morgan fingerprint density at radius 2 is 0.525 bits per heavy atom. The van der Waals surface area contributed by atoms with Gasteiger partial charge in [0.15, 0.2) is 46.0 Å². The Morgan fingerprint density at radius 1 is 0.342 bits per heavy atom. The molecule has 12 unspecified atom stereocenters. The SMILES string of the molecule is [2H]c1c(OC)c(OC([2H])([2H])[2H])c([2H])c2c1C1CC([2H])(OC(=O)[C@@H](N)C(C)C)C(CC(C)C)CN1C([2H])([2H])C2([2H])[2H].[2H]c1c(OC)c(OC([2H])([2H])[2H])c([2H])c2c1C1CC([2H])(OC(=O)[C@@H](N)C(C)C)C(CC(C)C)CN1C([2H])([2H])C2([2H])[2H].[2H]c1c(OC)c(OC)c([2H])c2c1C1CC([2H])(OC(=O)[C@@H](N)C(C)C)C(CC(C)C)CN1C([2H])([2H])C2([2H])[2H].[2H]c1c(OC)c(OC)c([2H])c2c1C1CC([2H])(OC(=O)[C@@H](N)C(C)C)C(CC(C)C)CN1C([2H])([2H])C2([2H])[2H]. The Bertz CT molecular complexity index is 5410. The van der Waals surface area contributed by atoms with Crippen LogP contribution < -0.4 is 60.8 Å². The van der Waals surface area contributed by atoms with E-state index in [1.807, 2.05) is 55.4 Å². The number of nitrogens with zero attached hydrogens (tertiary/aromatic N) is 4. The van der Waals surface area contributed by atoms with Gasteiger partial charge in [0.05, 0.1) is 81.4 Å². The molecule has 24 nitrogen and oxygen atoms in total. The number of benzene rings is 4. The largest absolute Gasteiger partial charge is 0.493 e. The molecule has 0 saturated carbocycles. The standard InChI is InChI=1S/4C24H38N2O4/c4*1-14(2)9-17-13-26-8-7-16-10-21(28-5)22(29-6)11-18(16)19(26)12-20(17)30-24(27)23(25)15(3)4/h4*10-11,14-15,17,19-20,23H,7-9,12-13,25H2,1-6H3/t4*17?,19?,20?,23-/m0000/s1/i2*5D3,7D2,8D2,10D,11D,20D;2*7D2,8D2,10D,11D,20D. The van der Waals surface area contributed by atoms with Crippen LogP contribution in [0.1, 0.15) is 277 Å². The van der Waals surface area contributed by atoms with Gasteiger partial charge in [-0.3, -0.25) is 38.8 Å². The third kappa shape index (κ3) is 23.8. The fraction of sp³-hybridized carbons (Fsp3) is 0.708. The second-order valence-corrected chi connectivity index (χ2v) is 34.6. The molecule has 4 aromatic carbocycles. The highest BCUT2D eigenvalue weighted by Crippen LogP contribution is 2.50. The molecule has 4 fully saturated rings. The maximum Gasteiger partial charge on any atom is 0.323 e. The first-order chi connectivity index (χ1) is 70.1. The van der Waals surface area contributed by atoms with E-state index in [-0.39, 0.29) is 168 Å². The van der Waals surface area contributed by atoms with Gasteiger partial charge in [0, 0.05) is 148 Å². The van der Waals surface area contributed by atoms with Crippen LogP contribution in [0.3, 0.4) is 0 Å². The molecule has 0 radical (unpaired) electrons. The van der Waals surface area contributed by atoms with Gasteiger partial charge in [0.1, 0.15) is 48.5 Å². The first-order valence-electron chi connectivity index (χ1n) is 58.4. The zero-order valence-electron chi connectivity index (χ0n) is 108. The van der Waals surface area contributed by atoms with Crippen molar-refractivity contribution in [1.82, 2.24) is 19.6 Å². The first kappa shape index (κ1) is 58.9. The number of carbonyl (C=O) groups is 4. The third-order valence-electron chi connectivity index (χ3n) is 22.4. The summed E-state index contributed by atoms with van der Waals surface area (Å²) in [5, 5.41) is 0. The molecular formula is C96H152N8O16. The van der Waals surface area contributed by atoms with Crippen molar-refractivity contribution in [2.45, 2.75) is 260 Å². The summed E-state index contributed by atoms with van der Waals surface area (Å²) < 4.78 is 358. The number of esters is 4. The van der Waals surface area contributed by atoms with Crippen molar-refractivity contribution in [3.63, 3.8) is 0 Å². The van der Waals surface area contributed by atoms with E-state index in [0.29, 0.717) is 25.7 Å². The van der Waals surface area contributed by atoms with Crippen LogP contribution in [-0.4, -0.2) is 201 Å². The minimum Gasteiger partial charge on any atom is -0.493 e. The number of hydrogen-bond acceptors (Lipinski definition) is 24. The summed E-state index contributed by atoms with van der Waals surface area (Å²) in [5.41, 5.74) is 22.0. The van der Waals surface area contributed by atoms with E-state index in [2.05, 4.69) is 0 Å². The number of hydrogen-bond donors (Lipinski definition) is 4. The Balaban J connectivity index is 0.000000227. The van der Waals surface area contributed by atoms with Crippen LogP contribution in [0.25, 0.3) is 0 Å². The molecule has 8 N–H and O–H groups in total. The van der Waals surface area contributed by atoms with Gasteiger partial charge in [0.25, 0.3) is 0 Å². The normalized spacial score (nSPS) is 35.0. The number of carbonyl (C=O) groups excluding carboxylic acids is 4. The molecule has 8 aliphatic rings. The molecule has 0 amide bonds. The summed E-state index contributed by atoms with van der Waals surface area (Å²) in [4.78, 5) is 56.8. The van der Waals surface area contributed by atoms with Gasteiger partial charge >= 0.3 is 23.9 Å². The predicted molar refractivity (Wildman–Crippen MR) is 471 cm³/mol. The summed E-state index contributed by atoms with van der Waals surface area (Å²) in [6.45, 7) is 18.1. The number of nitrogens with two attached hydrogens (primary N) is 4. The molecule has 0 aromatic heterocycles. The van der Waals surface area contributed by atoms with Crippen LogP contribution in [-0.2, 0) is 63.6 Å². The van der Waals surface area contributed by atoms with Crippen molar-refractivity contribution in [2.75, 3.05) is 109 Å². The molecule has 120 heavy (non-hydrogen) atoms. The van der Waals surface area contributed by atoms with Crippen LogP contribution >= 0.6 is 0 Å². The summed E-state index contributed by atoms with van der Waals surface area (Å²) in [7, 11) is 1.30. The molecule has 0 spiro atoms. The van der Waals surface area contributed by atoms with Gasteiger partial charge in [-0.25, -0.2) is 0 Å². The van der Waals surface area contributed by atoms with E-state index in [4.69, 9.17) is 121 Å². The zero-order chi connectivity index (χ0) is 118. The molecule has 16 atom stereocenters. The van der Waals surface area contributed by atoms with Crippen LogP contribution in [0.5, 0.6) is 46.0 Å². The van der Waals surface area contributed by atoms with Crippen LogP contribution in [0.15, 0.2) is 48.3 Å². The number of ether oxygens (including phenoxy) is 12. The van der Waals surface area contributed by atoms with Crippen molar-refractivity contribution < 1.29 is 123 Å². The van der Waals surface area contributed by atoms with Crippen LogP contribution in [0.4, 0.5) is 0 Å². The smallest absolute Gasteiger partial charge is 0.323 e. The summed E-state index contributed by atoms with van der Waals surface area (Å²) in [6.07, 6.45) is -18.2. The fourth-order valence-corrected chi connectivity index (χ4v) is 15.6. The second-order valence-electron chi connectivity index (χ2n) is 34.6. The molecule has 4 saturated heterocycles. The zero-order valence-corrected chi connectivity index (χ0v) is 73.7. The highest BCUT2D eigenvalue weighted by molar-refractivity contribution is 5.77. The van der Waals surface area contributed by atoms with Crippen molar-refractivity contribution in [3.05, 3.63) is 92.8 Å². The Hall–Kier alpha value is -7.16. The second kappa shape index (κ2) is 43.9. The Kier molecular flexibility index (Phi) is 21.6. The minimum absolute atomic E-state index is 0.0229. The average Bonchev–Trinajstić information content (AvgIpc) is 0.782. The van der Waals surface area contributed by atoms with E-state index in [9.17, 15) is 24.7 Å². The summed E-state index contributed by atoms with van der Waals surface area (Å²) in [6, 6.07) is -12.3. The Morgan fingerprint density at radius 3 is 0.692 bits per heavy atom. The van der Waals surface area contributed by atoms with E-state index < -0.39 is 256 Å². The van der Waals surface area contributed by atoms with Gasteiger partial charge < -0.3 is 79.8 Å². The molecule has 12 rings (SSSR count). The molecule has 24 heteroatoms. The maximum absolute atomic E-state index is 13.0. The lowest BCUT2D eigenvalue weighted by Crippen LogP contribution is -2.51. The number of methoxy groups -OCH3 is 8. The lowest BCUT2D eigenvalue weighted by atomic mass is 9.79. The molecule has 8 heterocycles. The highest BCUT2D eigenvalue weighted by Gasteiger charge is 2.47. The minimum atomic E-state index is -3.06. The fourth-order valence-electron chi connectivity index (χ4n) is 15.6. The monoisotopic (exact) mass is 1710 g/mol. The molecule has 8 aliphatic heterocycles. The topological polar surface area (TPSA) is 296 Å². The van der Waals surface area contributed by atoms with Crippen LogP contribution in [0, 0.1) is 71.0 Å². The van der Waals surface area contributed by atoms with Crippen LogP contribution in [0.2, 0.25) is 0 Å². The lowest BCUT2D eigenvalue weighted by Gasteiger charge is -2.47. The van der Waals surface area contributed by atoms with Crippen molar-refractivity contribution >= 4 is 23.9 Å². The number of piperidine rings is 4. The van der Waals surface area contributed by atoms with Gasteiger partial charge in [-0.15, -0.1) is 0 Å². The van der Waals surface area contributed by atoms with Crippen molar-refractivity contribution in [2.24, 2.45) is 93.9 Å². The molecule has 672 valence electrons. The van der Waals surface area contributed by atoms with Crippen molar-refractivity contribution in [1.29, 1.82) is 0 Å². The predicted octanol–water partition coefficient (Wildman–Crippen LogP) is 14.3. The van der Waals surface area contributed by atoms with E-state index in [1.54, 1.807) is 55.4 Å². The van der Waals surface area contributed by atoms with Crippen molar-refractivity contribution in [3.8, 4) is 46.0 Å². The summed E-state index contributed by atoms with van der Waals surface area (Å²) >= 11 is 0. The maximum atomic E-state index is 13.0. The number of rotatable bonds is 28. The van der Waals surface area contributed by atoms with Gasteiger partial charge in [-0.05, 0) is 191 Å². The molecule has 4 aromatic rings.